The quantitative estimate of drug-likeness (QED) is 0.142. The van der Waals surface area contributed by atoms with E-state index in [1.807, 2.05) is 0 Å². The fraction of sp³-hybridized carbons (Fsp3) is 0.257. The van der Waals surface area contributed by atoms with E-state index in [2.05, 4.69) is 133 Å². The normalized spacial score (nSPS) is 13.1. The summed E-state index contributed by atoms with van der Waals surface area (Å²) in [6, 6.07) is 39.8. The number of rotatable bonds is 8. The summed E-state index contributed by atoms with van der Waals surface area (Å²) in [5, 5.41) is 0. The van der Waals surface area contributed by atoms with Crippen LogP contribution in [0.15, 0.2) is 109 Å². The summed E-state index contributed by atoms with van der Waals surface area (Å²) in [7, 11) is 0. The third-order valence-corrected chi connectivity index (χ3v) is 7.37. The molecule has 1 nitrogen and oxygen atoms in total. The first kappa shape index (κ1) is 24.1. The summed E-state index contributed by atoms with van der Waals surface area (Å²) >= 11 is 0. The molecule has 1 aliphatic heterocycles. The van der Waals surface area contributed by atoms with Crippen molar-refractivity contribution in [2.75, 3.05) is 0 Å². The Kier molecular flexibility index (Phi) is 7.65. The first-order valence-electron chi connectivity index (χ1n) is 13.3. The highest BCUT2D eigenvalue weighted by atomic mass is 15.2. The number of hydrogen-bond donors (Lipinski definition) is 0. The maximum Gasteiger partial charge on any atom is 0.0978 e. The lowest BCUT2D eigenvalue weighted by atomic mass is 9.75. The largest absolute Gasteiger partial charge is 0.277 e. The second-order valence-corrected chi connectivity index (χ2v) is 9.76. The molecule has 0 aromatic heterocycles. The Morgan fingerprint density at radius 1 is 0.639 bits per heavy atom. The highest BCUT2D eigenvalue weighted by Gasteiger charge is 2.44. The summed E-state index contributed by atoms with van der Waals surface area (Å²) in [4.78, 5) is 2.64. The molecule has 1 heterocycles. The molecule has 4 aromatic carbocycles. The highest BCUT2D eigenvalue weighted by molar-refractivity contribution is 5.52. The molecule has 5 rings (SSSR count). The molecule has 0 spiro atoms. The molecule has 1 aliphatic rings. The van der Waals surface area contributed by atoms with Crippen LogP contribution in [0, 0.1) is 11.8 Å². The minimum atomic E-state index is -0.381. The molecule has 0 unspecified atom stereocenters. The molecule has 0 radical (unpaired) electrons. The van der Waals surface area contributed by atoms with Crippen LogP contribution in [0.4, 0.5) is 0 Å². The molecule has 1 heteroatoms. The Hall–Kier alpha value is -3.60. The molecular formula is C35H35N. The van der Waals surface area contributed by atoms with Gasteiger partial charge >= 0.3 is 0 Å². The summed E-state index contributed by atoms with van der Waals surface area (Å²) in [6.07, 6.45) is 6.05. The lowest BCUT2D eigenvalue weighted by Gasteiger charge is -2.43. The van der Waals surface area contributed by atoms with E-state index in [1.54, 1.807) is 0 Å². The summed E-state index contributed by atoms with van der Waals surface area (Å²) in [5.41, 5.74) is 7.42. The molecule has 0 amide bonds. The second-order valence-electron chi connectivity index (χ2n) is 9.76. The van der Waals surface area contributed by atoms with Crippen molar-refractivity contribution >= 4 is 0 Å². The summed E-state index contributed by atoms with van der Waals surface area (Å²) in [6.45, 7) is 4.04. The van der Waals surface area contributed by atoms with E-state index in [-0.39, 0.29) is 5.54 Å². The fourth-order valence-corrected chi connectivity index (χ4v) is 5.60. The van der Waals surface area contributed by atoms with E-state index in [4.69, 9.17) is 0 Å². The van der Waals surface area contributed by atoms with Crippen molar-refractivity contribution in [3.05, 3.63) is 143 Å². The smallest absolute Gasteiger partial charge is 0.0978 e. The number of benzene rings is 4. The van der Waals surface area contributed by atoms with Crippen molar-refractivity contribution < 1.29 is 0 Å². The van der Waals surface area contributed by atoms with E-state index in [0.29, 0.717) is 0 Å². The van der Waals surface area contributed by atoms with Gasteiger partial charge in [-0.05, 0) is 46.4 Å². The fourth-order valence-electron chi connectivity index (χ4n) is 5.60. The van der Waals surface area contributed by atoms with Gasteiger partial charge in [-0.2, -0.15) is 0 Å². The van der Waals surface area contributed by atoms with Gasteiger partial charge in [-0.25, -0.2) is 0 Å². The van der Waals surface area contributed by atoms with Crippen LogP contribution >= 0.6 is 0 Å². The van der Waals surface area contributed by atoms with Gasteiger partial charge < -0.3 is 0 Å². The molecule has 0 aliphatic carbocycles. The van der Waals surface area contributed by atoms with Crippen LogP contribution in [0.25, 0.3) is 0 Å². The molecule has 0 saturated heterocycles. The van der Waals surface area contributed by atoms with Crippen LogP contribution in [-0.4, -0.2) is 4.90 Å². The van der Waals surface area contributed by atoms with E-state index in [0.717, 1.165) is 25.1 Å². The third-order valence-electron chi connectivity index (χ3n) is 7.37. The van der Waals surface area contributed by atoms with Crippen LogP contribution in [-0.2, 0) is 18.6 Å². The zero-order chi connectivity index (χ0) is 24.6. The van der Waals surface area contributed by atoms with E-state index < -0.39 is 0 Å². The molecule has 0 N–H and O–H groups in total. The summed E-state index contributed by atoms with van der Waals surface area (Å²) < 4.78 is 0. The molecule has 0 atom stereocenters. The Morgan fingerprint density at radius 3 is 1.75 bits per heavy atom. The van der Waals surface area contributed by atoms with Gasteiger partial charge in [-0.15, -0.1) is 0 Å². The number of hydrogen-bond acceptors (Lipinski definition) is 1. The minimum absolute atomic E-state index is 0.381. The Labute approximate surface area is 216 Å². The zero-order valence-corrected chi connectivity index (χ0v) is 21.3. The van der Waals surface area contributed by atoms with Gasteiger partial charge in [0.2, 0.25) is 0 Å². The monoisotopic (exact) mass is 469 g/mol. The standard InChI is InChI=1S/C35H35N/c1-2-3-4-5-6-10-17-29-24-25-30-27-36(28-31(30)26-29)35(32-18-11-7-12-19-32,33-20-13-8-14-21-33)34-22-15-9-16-23-34/h7-9,11-16,18-26H,2-6,27-28H2,1H3. The third kappa shape index (κ3) is 4.88. The molecule has 0 fully saturated rings. The average Bonchev–Trinajstić information content (AvgIpc) is 3.36. The first-order valence-corrected chi connectivity index (χ1v) is 13.3. The van der Waals surface area contributed by atoms with E-state index in [1.165, 1.54) is 53.5 Å². The molecule has 4 aromatic rings. The van der Waals surface area contributed by atoms with Crippen molar-refractivity contribution in [3.63, 3.8) is 0 Å². The van der Waals surface area contributed by atoms with Crippen LogP contribution in [0.1, 0.15) is 72.4 Å². The van der Waals surface area contributed by atoms with Gasteiger partial charge in [0.25, 0.3) is 0 Å². The van der Waals surface area contributed by atoms with Crippen LogP contribution in [0.3, 0.4) is 0 Å². The van der Waals surface area contributed by atoms with Gasteiger partial charge in [0, 0.05) is 25.1 Å². The van der Waals surface area contributed by atoms with Crippen molar-refractivity contribution in [1.29, 1.82) is 0 Å². The Morgan fingerprint density at radius 2 is 1.19 bits per heavy atom. The Balaban J connectivity index is 1.53. The van der Waals surface area contributed by atoms with Crippen molar-refractivity contribution in [1.82, 2.24) is 4.90 Å². The topological polar surface area (TPSA) is 3.24 Å². The molecule has 36 heavy (non-hydrogen) atoms. The van der Waals surface area contributed by atoms with Gasteiger partial charge in [-0.3, -0.25) is 4.90 Å². The lowest BCUT2D eigenvalue weighted by Crippen LogP contribution is -2.45. The molecular weight excluding hydrogens is 434 g/mol. The molecule has 180 valence electrons. The molecule has 0 saturated carbocycles. The van der Waals surface area contributed by atoms with Gasteiger partial charge in [0.05, 0.1) is 5.54 Å². The van der Waals surface area contributed by atoms with Crippen LogP contribution < -0.4 is 0 Å². The van der Waals surface area contributed by atoms with Crippen LogP contribution in [0.5, 0.6) is 0 Å². The predicted octanol–water partition coefficient (Wildman–Crippen LogP) is 8.32. The minimum Gasteiger partial charge on any atom is -0.277 e. The maximum absolute atomic E-state index is 3.43. The Bertz CT molecular complexity index is 1220. The zero-order valence-electron chi connectivity index (χ0n) is 21.3. The number of nitrogens with zero attached hydrogens (tertiary/aromatic N) is 1. The molecule has 0 bridgehead atoms. The van der Waals surface area contributed by atoms with Crippen molar-refractivity contribution in [2.45, 2.75) is 57.7 Å². The SMILES string of the molecule is CCCCCCC#Cc1ccc2c(c1)CN(C(c1ccccc1)(c1ccccc1)c1ccccc1)C2. The maximum atomic E-state index is 3.43. The van der Waals surface area contributed by atoms with Gasteiger partial charge in [0.1, 0.15) is 0 Å². The van der Waals surface area contributed by atoms with Crippen molar-refractivity contribution in [2.24, 2.45) is 0 Å². The summed E-state index contributed by atoms with van der Waals surface area (Å²) in [5.74, 6) is 6.84. The lowest BCUT2D eigenvalue weighted by molar-refractivity contribution is 0.157. The second kappa shape index (κ2) is 11.4. The van der Waals surface area contributed by atoms with E-state index >= 15 is 0 Å². The average molecular weight is 470 g/mol. The van der Waals surface area contributed by atoms with Gasteiger partial charge in [-0.1, -0.05) is 135 Å². The van der Waals surface area contributed by atoms with Gasteiger partial charge in [0.15, 0.2) is 0 Å². The predicted molar refractivity (Wildman–Crippen MR) is 151 cm³/mol. The van der Waals surface area contributed by atoms with Crippen molar-refractivity contribution in [3.8, 4) is 11.8 Å². The first-order chi connectivity index (χ1) is 17.8. The van der Waals surface area contributed by atoms with Crippen LogP contribution in [0.2, 0.25) is 0 Å². The number of unbranched alkanes of at least 4 members (excludes halogenated alkanes) is 4. The number of fused-ring (bicyclic) bond motifs is 1. The van der Waals surface area contributed by atoms with E-state index in [9.17, 15) is 0 Å². The highest BCUT2D eigenvalue weighted by Crippen LogP contribution is 2.46.